The van der Waals surface area contributed by atoms with Crippen molar-refractivity contribution in [3.05, 3.63) is 84.4 Å². The van der Waals surface area contributed by atoms with Crippen LogP contribution in [0, 0.1) is 5.82 Å². The van der Waals surface area contributed by atoms with Crippen LogP contribution in [0.2, 0.25) is 0 Å². The van der Waals surface area contributed by atoms with Crippen LogP contribution in [-0.4, -0.2) is 20.8 Å². The maximum absolute atomic E-state index is 13.6. The van der Waals surface area contributed by atoms with Gasteiger partial charge in [0.15, 0.2) is 5.16 Å². The molecule has 0 saturated carbocycles. The molecular formula is C25H24FN3S2. The molecule has 4 aromatic rings. The van der Waals surface area contributed by atoms with Gasteiger partial charge in [-0.1, -0.05) is 36.9 Å². The Morgan fingerprint density at radius 1 is 0.935 bits per heavy atom. The summed E-state index contributed by atoms with van der Waals surface area (Å²) in [6, 6.07) is 19.1. The zero-order chi connectivity index (χ0) is 21.6. The highest BCUT2D eigenvalue weighted by Gasteiger charge is 2.20. The van der Waals surface area contributed by atoms with Crippen molar-refractivity contribution in [2.75, 3.05) is 6.26 Å². The Balaban J connectivity index is 1.80. The molecule has 158 valence electrons. The lowest BCUT2D eigenvalue weighted by Gasteiger charge is -2.12. The van der Waals surface area contributed by atoms with Crippen LogP contribution < -0.4 is 0 Å². The van der Waals surface area contributed by atoms with Crippen LogP contribution in [0.15, 0.2) is 83.1 Å². The summed E-state index contributed by atoms with van der Waals surface area (Å²) in [5, 5.41) is 0.976. The zero-order valence-corrected chi connectivity index (χ0v) is 19.2. The van der Waals surface area contributed by atoms with Gasteiger partial charge in [-0.05, 0) is 60.7 Å². The van der Waals surface area contributed by atoms with Crippen LogP contribution >= 0.6 is 23.5 Å². The molecule has 2 aromatic carbocycles. The van der Waals surface area contributed by atoms with E-state index in [4.69, 9.17) is 4.98 Å². The molecule has 3 nitrogen and oxygen atoms in total. The minimum Gasteiger partial charge on any atom is -0.318 e. The van der Waals surface area contributed by atoms with E-state index in [9.17, 15) is 4.39 Å². The number of benzene rings is 2. The summed E-state index contributed by atoms with van der Waals surface area (Å²) in [6.45, 7) is 3.03. The molecule has 0 aliphatic rings. The second-order valence-corrected chi connectivity index (χ2v) is 8.88. The summed E-state index contributed by atoms with van der Waals surface area (Å²) in [6.07, 6.45) is 6.70. The van der Waals surface area contributed by atoms with Gasteiger partial charge < -0.3 is 4.57 Å². The van der Waals surface area contributed by atoms with Gasteiger partial charge in [0.25, 0.3) is 0 Å². The van der Waals surface area contributed by atoms with Gasteiger partial charge in [-0.25, -0.2) is 9.37 Å². The first-order chi connectivity index (χ1) is 15.2. The van der Waals surface area contributed by atoms with Crippen LogP contribution in [0.25, 0.3) is 22.5 Å². The fourth-order valence-corrected chi connectivity index (χ4v) is 5.29. The van der Waals surface area contributed by atoms with E-state index in [0.717, 1.165) is 46.4 Å². The number of hydrogen-bond donors (Lipinski definition) is 0. The second kappa shape index (κ2) is 10.2. The van der Waals surface area contributed by atoms with E-state index in [-0.39, 0.29) is 5.82 Å². The quantitative estimate of drug-likeness (QED) is 0.267. The van der Waals surface area contributed by atoms with Crippen LogP contribution in [0.4, 0.5) is 4.39 Å². The fourth-order valence-electron chi connectivity index (χ4n) is 3.55. The number of rotatable bonds is 8. The molecule has 2 heterocycles. The number of aromatic nitrogens is 3. The summed E-state index contributed by atoms with van der Waals surface area (Å²) in [4.78, 5) is 10.5. The van der Waals surface area contributed by atoms with Crippen LogP contribution in [0.1, 0.15) is 18.9 Å². The van der Waals surface area contributed by atoms with E-state index in [1.165, 1.54) is 22.6 Å². The fraction of sp³-hybridized carbons (Fsp3) is 0.200. The molecular weight excluding hydrogens is 425 g/mol. The van der Waals surface area contributed by atoms with E-state index >= 15 is 0 Å². The predicted molar refractivity (Wildman–Crippen MR) is 129 cm³/mol. The monoisotopic (exact) mass is 449 g/mol. The Morgan fingerprint density at radius 3 is 2.39 bits per heavy atom. The van der Waals surface area contributed by atoms with E-state index in [1.54, 1.807) is 48.1 Å². The lowest BCUT2D eigenvalue weighted by Crippen LogP contribution is -2.02. The molecule has 0 aliphatic carbocycles. The molecule has 6 heteroatoms. The molecule has 0 bridgehead atoms. The largest absolute Gasteiger partial charge is 0.318 e. The van der Waals surface area contributed by atoms with Crippen molar-refractivity contribution in [3.8, 4) is 22.5 Å². The van der Waals surface area contributed by atoms with Crippen molar-refractivity contribution in [3.63, 3.8) is 0 Å². The molecule has 2 aromatic heterocycles. The van der Waals surface area contributed by atoms with Gasteiger partial charge in [-0.15, -0.1) is 11.8 Å². The number of imidazole rings is 1. The molecule has 0 aliphatic heterocycles. The SMILES string of the molecule is CCCn1c(SCc2ccccc2SC)nc(-c2ccc(F)cc2)c1-c1ccncc1. The Morgan fingerprint density at radius 2 is 1.68 bits per heavy atom. The molecule has 0 atom stereocenters. The summed E-state index contributed by atoms with van der Waals surface area (Å²) < 4.78 is 15.9. The molecule has 0 saturated heterocycles. The Bertz CT molecular complexity index is 1140. The number of nitrogens with zero attached hydrogens (tertiary/aromatic N) is 3. The highest BCUT2D eigenvalue weighted by Crippen LogP contribution is 2.37. The first-order valence-electron chi connectivity index (χ1n) is 10.2. The zero-order valence-electron chi connectivity index (χ0n) is 17.6. The van der Waals surface area contributed by atoms with Gasteiger partial charge in [0.2, 0.25) is 0 Å². The van der Waals surface area contributed by atoms with Gasteiger partial charge in [0, 0.05) is 40.7 Å². The summed E-state index contributed by atoms with van der Waals surface area (Å²) >= 11 is 3.51. The molecule has 0 N–H and O–H groups in total. The van der Waals surface area contributed by atoms with Crippen LogP contribution in [0.3, 0.4) is 0 Å². The Labute approximate surface area is 191 Å². The van der Waals surface area contributed by atoms with E-state index in [1.807, 2.05) is 12.1 Å². The smallest absolute Gasteiger partial charge is 0.169 e. The summed E-state index contributed by atoms with van der Waals surface area (Å²) in [5.74, 6) is 0.599. The lowest BCUT2D eigenvalue weighted by molar-refractivity contribution is 0.626. The van der Waals surface area contributed by atoms with Crippen molar-refractivity contribution < 1.29 is 4.39 Å². The summed E-state index contributed by atoms with van der Waals surface area (Å²) in [7, 11) is 0. The van der Waals surface area contributed by atoms with Gasteiger partial charge >= 0.3 is 0 Å². The topological polar surface area (TPSA) is 30.7 Å². The van der Waals surface area contributed by atoms with Gasteiger partial charge in [0.1, 0.15) is 5.82 Å². The first-order valence-corrected chi connectivity index (χ1v) is 12.4. The van der Waals surface area contributed by atoms with Gasteiger partial charge in [-0.3, -0.25) is 4.98 Å². The normalized spacial score (nSPS) is 11.1. The van der Waals surface area contributed by atoms with Crippen molar-refractivity contribution >= 4 is 23.5 Å². The number of hydrogen-bond acceptors (Lipinski definition) is 4. The average Bonchev–Trinajstić information content (AvgIpc) is 3.17. The molecule has 0 radical (unpaired) electrons. The van der Waals surface area contributed by atoms with Crippen molar-refractivity contribution in [2.24, 2.45) is 0 Å². The maximum atomic E-state index is 13.6. The predicted octanol–water partition coefficient (Wildman–Crippen LogP) is 7.18. The third-order valence-corrected chi connectivity index (χ3v) is 6.86. The minimum atomic E-state index is -0.245. The van der Waals surface area contributed by atoms with E-state index in [0.29, 0.717) is 0 Å². The van der Waals surface area contributed by atoms with Crippen molar-refractivity contribution in [1.82, 2.24) is 14.5 Å². The standard InChI is InChI=1S/C25H24FN3S2/c1-3-16-29-24(19-12-14-27-15-13-19)23(18-8-10-21(26)11-9-18)28-25(29)31-17-20-6-4-5-7-22(20)30-2/h4-15H,3,16-17H2,1-2H3. The minimum absolute atomic E-state index is 0.245. The van der Waals surface area contributed by atoms with Crippen molar-refractivity contribution in [2.45, 2.75) is 35.7 Å². The molecule has 4 rings (SSSR count). The van der Waals surface area contributed by atoms with E-state index < -0.39 is 0 Å². The van der Waals surface area contributed by atoms with E-state index in [2.05, 4.69) is 47.0 Å². The second-order valence-electron chi connectivity index (χ2n) is 7.09. The molecule has 0 unspecified atom stereocenters. The van der Waals surface area contributed by atoms with Gasteiger partial charge in [0.05, 0.1) is 11.4 Å². The number of halogens is 1. The Hall–Kier alpha value is -2.57. The lowest BCUT2D eigenvalue weighted by atomic mass is 10.1. The average molecular weight is 450 g/mol. The summed E-state index contributed by atoms with van der Waals surface area (Å²) in [5.41, 5.74) is 5.21. The highest BCUT2D eigenvalue weighted by atomic mass is 32.2. The molecule has 0 amide bonds. The third-order valence-electron chi connectivity index (χ3n) is 5.00. The number of pyridine rings is 1. The van der Waals surface area contributed by atoms with Crippen LogP contribution in [-0.2, 0) is 12.3 Å². The maximum Gasteiger partial charge on any atom is 0.169 e. The third kappa shape index (κ3) is 4.86. The molecule has 31 heavy (non-hydrogen) atoms. The van der Waals surface area contributed by atoms with Gasteiger partial charge in [-0.2, -0.15) is 0 Å². The highest BCUT2D eigenvalue weighted by molar-refractivity contribution is 7.99. The molecule has 0 fully saturated rings. The van der Waals surface area contributed by atoms with Crippen LogP contribution in [0.5, 0.6) is 0 Å². The number of thioether (sulfide) groups is 2. The first kappa shape index (κ1) is 21.7. The Kier molecular flexibility index (Phi) is 7.10. The molecule has 0 spiro atoms. The van der Waals surface area contributed by atoms with Crippen molar-refractivity contribution in [1.29, 1.82) is 0 Å².